The molecule has 1 aliphatic rings. The maximum Gasteiger partial charge on any atom is 0.111 e. The van der Waals surface area contributed by atoms with E-state index in [4.69, 9.17) is 30.6 Å². The van der Waals surface area contributed by atoms with Crippen LogP contribution in [0, 0.1) is 0 Å². The summed E-state index contributed by atoms with van der Waals surface area (Å²) >= 11 is 0. The third-order valence-corrected chi connectivity index (χ3v) is 2.10. The van der Waals surface area contributed by atoms with Crippen LogP contribution in [0.4, 0.5) is 0 Å². The molecule has 1 rings (SSSR count). The van der Waals surface area contributed by atoms with Crippen LogP contribution in [-0.2, 0) is 0 Å². The summed E-state index contributed by atoms with van der Waals surface area (Å²) in [6, 6.07) is 0. The molecule has 0 heterocycles. The second-order valence-electron chi connectivity index (χ2n) is 2.94. The molecular formula is C6H12O6. The molecule has 0 saturated heterocycles. The quantitative estimate of drug-likeness (QED) is 0.227. The Morgan fingerprint density at radius 3 is 0.500 bits per heavy atom. The lowest BCUT2D eigenvalue weighted by molar-refractivity contribution is -0.223. The van der Waals surface area contributed by atoms with Crippen LogP contribution in [0.25, 0.3) is 0 Å². The Labute approximate surface area is 68.3 Å². The first-order valence-corrected chi connectivity index (χ1v) is 3.55. The molecule has 12 heavy (non-hydrogen) atoms. The Bertz CT molecular complexity index is 104. The van der Waals surface area contributed by atoms with Gasteiger partial charge in [-0.15, -0.1) is 0 Å². The SMILES string of the molecule is OC1C(O)[C@H](O)C(O)C(O)[C@H]1O. The Balaban J connectivity index is 2.76. The smallest absolute Gasteiger partial charge is 0.111 e. The van der Waals surface area contributed by atoms with Crippen LogP contribution >= 0.6 is 0 Å². The van der Waals surface area contributed by atoms with Crippen molar-refractivity contribution in [1.82, 2.24) is 0 Å². The van der Waals surface area contributed by atoms with Crippen molar-refractivity contribution < 1.29 is 30.6 Å². The molecule has 72 valence electrons. The van der Waals surface area contributed by atoms with Crippen molar-refractivity contribution in [2.24, 2.45) is 0 Å². The third kappa shape index (κ3) is 1.33. The minimum atomic E-state index is -1.64. The van der Waals surface area contributed by atoms with Crippen molar-refractivity contribution in [3.05, 3.63) is 0 Å². The molecule has 6 nitrogen and oxygen atoms in total. The van der Waals surface area contributed by atoms with E-state index in [9.17, 15) is 0 Å². The first-order chi connectivity index (χ1) is 5.46. The monoisotopic (exact) mass is 180 g/mol. The van der Waals surface area contributed by atoms with Gasteiger partial charge in [0.25, 0.3) is 0 Å². The van der Waals surface area contributed by atoms with Crippen LogP contribution in [0.2, 0.25) is 0 Å². The van der Waals surface area contributed by atoms with E-state index in [1.807, 2.05) is 0 Å². The third-order valence-electron chi connectivity index (χ3n) is 2.10. The van der Waals surface area contributed by atoms with Crippen LogP contribution < -0.4 is 0 Å². The second-order valence-corrected chi connectivity index (χ2v) is 2.94. The Morgan fingerprint density at radius 1 is 0.333 bits per heavy atom. The van der Waals surface area contributed by atoms with Crippen LogP contribution in [0.5, 0.6) is 0 Å². The zero-order valence-electron chi connectivity index (χ0n) is 6.15. The molecule has 0 amide bonds. The molecule has 0 aromatic rings. The molecule has 0 radical (unpaired) electrons. The normalized spacial score (nSPS) is 55.5. The maximum absolute atomic E-state index is 8.97. The predicted octanol–water partition coefficient (Wildman–Crippen LogP) is -3.83. The molecule has 6 N–H and O–H groups in total. The predicted molar refractivity (Wildman–Crippen MR) is 36.0 cm³/mol. The highest BCUT2D eigenvalue weighted by atomic mass is 16.4. The van der Waals surface area contributed by atoms with Gasteiger partial charge in [0, 0.05) is 0 Å². The average molecular weight is 180 g/mol. The molecule has 0 aromatic carbocycles. The fraction of sp³-hybridized carbons (Fsp3) is 1.00. The van der Waals surface area contributed by atoms with Gasteiger partial charge >= 0.3 is 0 Å². The molecule has 1 aliphatic carbocycles. The zero-order valence-corrected chi connectivity index (χ0v) is 6.15. The van der Waals surface area contributed by atoms with E-state index < -0.39 is 36.6 Å². The van der Waals surface area contributed by atoms with Gasteiger partial charge in [-0.05, 0) is 0 Å². The largest absolute Gasteiger partial charge is 0.387 e. The highest BCUT2D eigenvalue weighted by Crippen LogP contribution is 2.20. The van der Waals surface area contributed by atoms with Gasteiger partial charge in [-0.1, -0.05) is 0 Å². The number of hydrogen-bond donors (Lipinski definition) is 6. The van der Waals surface area contributed by atoms with Gasteiger partial charge in [0.1, 0.15) is 36.6 Å². The summed E-state index contributed by atoms with van der Waals surface area (Å²) in [5, 5.41) is 53.8. The lowest BCUT2D eigenvalue weighted by Crippen LogP contribution is -2.63. The van der Waals surface area contributed by atoms with Crippen molar-refractivity contribution in [3.8, 4) is 0 Å². The summed E-state index contributed by atoms with van der Waals surface area (Å²) in [5.74, 6) is 0. The summed E-state index contributed by atoms with van der Waals surface area (Å²) in [7, 11) is 0. The molecule has 0 aromatic heterocycles. The Morgan fingerprint density at radius 2 is 0.417 bits per heavy atom. The Hall–Kier alpha value is -0.240. The molecule has 6 heteroatoms. The van der Waals surface area contributed by atoms with Gasteiger partial charge in [-0.25, -0.2) is 0 Å². The lowest BCUT2D eigenvalue weighted by atomic mass is 9.85. The van der Waals surface area contributed by atoms with Gasteiger partial charge in [0.05, 0.1) is 0 Å². The van der Waals surface area contributed by atoms with E-state index in [0.717, 1.165) is 0 Å². The fourth-order valence-electron chi connectivity index (χ4n) is 1.21. The van der Waals surface area contributed by atoms with Crippen molar-refractivity contribution in [3.63, 3.8) is 0 Å². The lowest BCUT2D eigenvalue weighted by Gasteiger charge is -2.39. The van der Waals surface area contributed by atoms with Crippen LogP contribution in [0.1, 0.15) is 0 Å². The van der Waals surface area contributed by atoms with Gasteiger partial charge < -0.3 is 30.6 Å². The molecule has 0 aliphatic heterocycles. The van der Waals surface area contributed by atoms with Crippen molar-refractivity contribution in [2.75, 3.05) is 0 Å². The fourth-order valence-corrected chi connectivity index (χ4v) is 1.21. The second kappa shape index (κ2) is 3.25. The van der Waals surface area contributed by atoms with E-state index in [1.54, 1.807) is 0 Å². The summed E-state index contributed by atoms with van der Waals surface area (Å²) in [5.41, 5.74) is 0. The maximum atomic E-state index is 8.97. The minimum absolute atomic E-state index is 1.64. The van der Waals surface area contributed by atoms with Crippen LogP contribution in [-0.4, -0.2) is 67.3 Å². The van der Waals surface area contributed by atoms with Gasteiger partial charge in [0.15, 0.2) is 0 Å². The molecule has 0 spiro atoms. The van der Waals surface area contributed by atoms with Gasteiger partial charge in [-0.2, -0.15) is 0 Å². The van der Waals surface area contributed by atoms with E-state index in [-0.39, 0.29) is 0 Å². The van der Waals surface area contributed by atoms with Crippen molar-refractivity contribution >= 4 is 0 Å². The van der Waals surface area contributed by atoms with Gasteiger partial charge in [-0.3, -0.25) is 0 Å². The first kappa shape index (κ1) is 9.85. The molecule has 0 atom stereocenters. The van der Waals surface area contributed by atoms with Crippen molar-refractivity contribution in [1.29, 1.82) is 0 Å². The number of hydrogen-bond acceptors (Lipinski definition) is 6. The molecule has 1 fully saturated rings. The molecular weight excluding hydrogens is 168 g/mol. The molecule has 1 saturated carbocycles. The molecule has 0 bridgehead atoms. The van der Waals surface area contributed by atoms with Crippen LogP contribution in [0.3, 0.4) is 0 Å². The number of aliphatic hydroxyl groups is 6. The summed E-state index contributed by atoms with van der Waals surface area (Å²) in [6.07, 6.45) is -9.84. The Kier molecular flexibility index (Phi) is 2.67. The standard InChI is InChI=1S/C6H12O6/c7-1-2(8)4(10)6(12)5(11)3(1)9/h1-12H/t1-,2?,3?,4?,5?,6-. The molecule has 0 unspecified atom stereocenters. The summed E-state index contributed by atoms with van der Waals surface area (Å²) in [4.78, 5) is 0. The van der Waals surface area contributed by atoms with E-state index in [0.29, 0.717) is 0 Å². The first-order valence-electron chi connectivity index (χ1n) is 3.55. The topological polar surface area (TPSA) is 121 Å². The highest BCUT2D eigenvalue weighted by Gasteiger charge is 2.47. The van der Waals surface area contributed by atoms with Crippen LogP contribution in [0.15, 0.2) is 0 Å². The summed E-state index contributed by atoms with van der Waals surface area (Å²) < 4.78 is 0. The van der Waals surface area contributed by atoms with Gasteiger partial charge in [0.2, 0.25) is 0 Å². The average Bonchev–Trinajstić information content (AvgIpc) is 2.08. The summed E-state index contributed by atoms with van der Waals surface area (Å²) in [6.45, 7) is 0. The highest BCUT2D eigenvalue weighted by molar-refractivity contribution is 4.98. The zero-order chi connectivity index (χ0) is 9.46. The van der Waals surface area contributed by atoms with E-state index >= 15 is 0 Å². The minimum Gasteiger partial charge on any atom is -0.387 e. The van der Waals surface area contributed by atoms with E-state index in [2.05, 4.69) is 0 Å². The van der Waals surface area contributed by atoms with E-state index in [1.165, 1.54) is 0 Å². The number of aliphatic hydroxyl groups excluding tert-OH is 6. The van der Waals surface area contributed by atoms with Crippen molar-refractivity contribution in [2.45, 2.75) is 36.6 Å². The number of rotatable bonds is 0.